The Hall–Kier alpha value is -2.15. The molecule has 7 heteroatoms. The van der Waals surface area contributed by atoms with Crippen molar-refractivity contribution < 1.29 is 14.3 Å². The molecule has 0 saturated carbocycles. The summed E-state index contributed by atoms with van der Waals surface area (Å²) in [4.78, 5) is 19.2. The van der Waals surface area contributed by atoms with E-state index in [9.17, 15) is 4.79 Å². The SMILES string of the molecule is O=C(O)c1ccc(Cn2cnc3cc(Br)cnc32)o1. The summed E-state index contributed by atoms with van der Waals surface area (Å²) in [5.41, 5.74) is 1.48. The summed E-state index contributed by atoms with van der Waals surface area (Å²) in [6.45, 7) is 0.387. The number of aromatic carboxylic acids is 1. The zero-order valence-corrected chi connectivity index (χ0v) is 11.2. The number of rotatable bonds is 3. The fourth-order valence-electron chi connectivity index (χ4n) is 1.79. The van der Waals surface area contributed by atoms with E-state index in [-0.39, 0.29) is 5.76 Å². The van der Waals surface area contributed by atoms with Gasteiger partial charge in [0, 0.05) is 10.7 Å². The summed E-state index contributed by atoms with van der Waals surface area (Å²) in [7, 11) is 0. The normalized spacial score (nSPS) is 11.0. The number of aromatic nitrogens is 3. The molecule has 0 amide bonds. The van der Waals surface area contributed by atoms with Crippen LogP contribution in [-0.2, 0) is 6.54 Å². The van der Waals surface area contributed by atoms with Crippen molar-refractivity contribution in [2.75, 3.05) is 0 Å². The standard InChI is InChI=1S/C12H8BrN3O3/c13-7-3-9-11(14-4-7)16(6-15-9)5-8-1-2-10(19-8)12(17)18/h1-4,6H,5H2,(H,17,18). The predicted octanol–water partition coefficient (Wildman–Crippen LogP) is 2.53. The molecule has 19 heavy (non-hydrogen) atoms. The van der Waals surface area contributed by atoms with Gasteiger partial charge in [-0.15, -0.1) is 0 Å². The van der Waals surface area contributed by atoms with Crippen LogP contribution >= 0.6 is 15.9 Å². The number of carboxylic acids is 1. The number of fused-ring (bicyclic) bond motifs is 1. The fraction of sp³-hybridized carbons (Fsp3) is 0.0833. The molecule has 0 radical (unpaired) electrons. The Labute approximate surface area is 115 Å². The van der Waals surface area contributed by atoms with Crippen LogP contribution in [0.15, 0.2) is 39.6 Å². The van der Waals surface area contributed by atoms with Crippen molar-refractivity contribution in [2.45, 2.75) is 6.54 Å². The Bertz CT molecular complexity index is 763. The van der Waals surface area contributed by atoms with Gasteiger partial charge in [-0.05, 0) is 34.1 Å². The average Bonchev–Trinajstić information content (AvgIpc) is 2.97. The van der Waals surface area contributed by atoms with E-state index in [0.717, 1.165) is 15.6 Å². The molecule has 0 atom stereocenters. The van der Waals surface area contributed by atoms with Crippen LogP contribution in [0.2, 0.25) is 0 Å². The van der Waals surface area contributed by atoms with Gasteiger partial charge in [-0.25, -0.2) is 14.8 Å². The molecule has 0 aliphatic carbocycles. The molecule has 0 spiro atoms. The third-order valence-corrected chi connectivity index (χ3v) is 3.05. The van der Waals surface area contributed by atoms with Crippen LogP contribution in [-0.4, -0.2) is 25.6 Å². The van der Waals surface area contributed by atoms with E-state index in [0.29, 0.717) is 12.3 Å². The number of hydrogen-bond donors (Lipinski definition) is 1. The van der Waals surface area contributed by atoms with Crippen molar-refractivity contribution in [1.82, 2.24) is 14.5 Å². The minimum Gasteiger partial charge on any atom is -0.475 e. The van der Waals surface area contributed by atoms with Crippen LogP contribution < -0.4 is 0 Å². The van der Waals surface area contributed by atoms with Gasteiger partial charge in [0.1, 0.15) is 11.3 Å². The molecule has 0 aromatic carbocycles. The molecule has 3 rings (SSSR count). The van der Waals surface area contributed by atoms with Crippen molar-refractivity contribution in [3.8, 4) is 0 Å². The Morgan fingerprint density at radius 1 is 1.42 bits per heavy atom. The van der Waals surface area contributed by atoms with Gasteiger partial charge in [-0.3, -0.25) is 0 Å². The maximum absolute atomic E-state index is 10.7. The largest absolute Gasteiger partial charge is 0.475 e. The summed E-state index contributed by atoms with van der Waals surface area (Å²) < 4.78 is 7.86. The quantitative estimate of drug-likeness (QED) is 0.801. The smallest absolute Gasteiger partial charge is 0.371 e. The number of halogens is 1. The van der Waals surface area contributed by atoms with Crippen molar-refractivity contribution in [2.24, 2.45) is 0 Å². The lowest BCUT2D eigenvalue weighted by atomic mass is 10.4. The maximum Gasteiger partial charge on any atom is 0.371 e. The van der Waals surface area contributed by atoms with Gasteiger partial charge in [0.25, 0.3) is 0 Å². The van der Waals surface area contributed by atoms with Crippen LogP contribution in [0.4, 0.5) is 0 Å². The molecule has 0 bridgehead atoms. The molecular formula is C12H8BrN3O3. The first-order valence-corrected chi connectivity index (χ1v) is 6.21. The van der Waals surface area contributed by atoms with Crippen LogP contribution in [0.3, 0.4) is 0 Å². The molecule has 3 aromatic heterocycles. The molecule has 3 aromatic rings. The van der Waals surface area contributed by atoms with E-state index < -0.39 is 5.97 Å². The second-order valence-corrected chi connectivity index (χ2v) is 4.86. The third kappa shape index (κ3) is 2.24. The monoisotopic (exact) mass is 321 g/mol. The molecule has 0 aliphatic rings. The van der Waals surface area contributed by atoms with E-state index in [1.165, 1.54) is 6.07 Å². The highest BCUT2D eigenvalue weighted by molar-refractivity contribution is 9.10. The number of hydrogen-bond acceptors (Lipinski definition) is 4. The molecule has 0 aliphatic heterocycles. The number of nitrogens with zero attached hydrogens (tertiary/aromatic N) is 3. The fourth-order valence-corrected chi connectivity index (χ4v) is 2.10. The number of carbonyl (C=O) groups is 1. The summed E-state index contributed by atoms with van der Waals surface area (Å²) in [5, 5.41) is 8.80. The van der Waals surface area contributed by atoms with Crippen LogP contribution in [0.1, 0.15) is 16.3 Å². The first kappa shape index (κ1) is 11.9. The minimum absolute atomic E-state index is 0.0740. The second-order valence-electron chi connectivity index (χ2n) is 3.94. The molecule has 6 nitrogen and oxygen atoms in total. The van der Waals surface area contributed by atoms with Gasteiger partial charge < -0.3 is 14.1 Å². The third-order valence-electron chi connectivity index (χ3n) is 2.62. The molecular weight excluding hydrogens is 314 g/mol. The summed E-state index contributed by atoms with van der Waals surface area (Å²) in [5.74, 6) is -0.611. The molecule has 0 saturated heterocycles. The first-order valence-electron chi connectivity index (χ1n) is 5.42. The van der Waals surface area contributed by atoms with E-state index in [1.54, 1.807) is 23.2 Å². The maximum atomic E-state index is 10.7. The summed E-state index contributed by atoms with van der Waals surface area (Å²) >= 11 is 3.33. The van der Waals surface area contributed by atoms with Crippen LogP contribution in [0.5, 0.6) is 0 Å². The van der Waals surface area contributed by atoms with E-state index in [1.807, 2.05) is 6.07 Å². The number of imidazole rings is 1. The highest BCUT2D eigenvalue weighted by atomic mass is 79.9. The molecule has 0 unspecified atom stereocenters. The van der Waals surface area contributed by atoms with Gasteiger partial charge >= 0.3 is 5.97 Å². The van der Waals surface area contributed by atoms with Gasteiger partial charge in [-0.2, -0.15) is 0 Å². The van der Waals surface area contributed by atoms with Gasteiger partial charge in [-0.1, -0.05) is 0 Å². The van der Waals surface area contributed by atoms with E-state index in [2.05, 4.69) is 25.9 Å². The first-order chi connectivity index (χ1) is 9.13. The number of furan rings is 1. The molecule has 0 fully saturated rings. The zero-order chi connectivity index (χ0) is 13.4. The zero-order valence-electron chi connectivity index (χ0n) is 9.58. The van der Waals surface area contributed by atoms with Gasteiger partial charge in [0.15, 0.2) is 5.65 Å². The van der Waals surface area contributed by atoms with Crippen LogP contribution in [0.25, 0.3) is 11.2 Å². The lowest BCUT2D eigenvalue weighted by Crippen LogP contribution is -1.98. The highest BCUT2D eigenvalue weighted by Crippen LogP contribution is 2.17. The predicted molar refractivity (Wildman–Crippen MR) is 70.0 cm³/mol. The average molecular weight is 322 g/mol. The minimum atomic E-state index is -1.08. The highest BCUT2D eigenvalue weighted by Gasteiger charge is 2.11. The van der Waals surface area contributed by atoms with Gasteiger partial charge in [0.05, 0.1) is 12.9 Å². The Balaban J connectivity index is 1.94. The van der Waals surface area contributed by atoms with Gasteiger partial charge in [0.2, 0.25) is 5.76 Å². The Kier molecular flexibility index (Phi) is 2.83. The van der Waals surface area contributed by atoms with Crippen molar-refractivity contribution >= 4 is 33.1 Å². The topological polar surface area (TPSA) is 81.1 Å². The number of carboxylic acid groups (broad SMARTS) is 1. The lowest BCUT2D eigenvalue weighted by Gasteiger charge is -2.00. The molecule has 96 valence electrons. The molecule has 3 heterocycles. The van der Waals surface area contributed by atoms with E-state index >= 15 is 0 Å². The summed E-state index contributed by atoms with van der Waals surface area (Å²) in [6.07, 6.45) is 3.33. The number of pyridine rings is 1. The molecule has 1 N–H and O–H groups in total. The van der Waals surface area contributed by atoms with E-state index in [4.69, 9.17) is 9.52 Å². The van der Waals surface area contributed by atoms with Crippen molar-refractivity contribution in [3.05, 3.63) is 46.7 Å². The Morgan fingerprint density at radius 2 is 2.26 bits per heavy atom. The van der Waals surface area contributed by atoms with Crippen molar-refractivity contribution in [3.63, 3.8) is 0 Å². The Morgan fingerprint density at radius 3 is 3.00 bits per heavy atom. The lowest BCUT2D eigenvalue weighted by molar-refractivity contribution is 0.0660. The van der Waals surface area contributed by atoms with Crippen LogP contribution in [0, 0.1) is 0 Å². The summed E-state index contributed by atoms with van der Waals surface area (Å²) in [6, 6.07) is 4.93. The second kappa shape index (κ2) is 4.51. The van der Waals surface area contributed by atoms with Crippen molar-refractivity contribution in [1.29, 1.82) is 0 Å².